The molecule has 0 heterocycles. The summed E-state index contributed by atoms with van der Waals surface area (Å²) in [5, 5.41) is 0. The van der Waals surface area contributed by atoms with Gasteiger partial charge in [-0.3, -0.25) is 0 Å². The van der Waals surface area contributed by atoms with E-state index in [9.17, 15) is 17.6 Å². The Morgan fingerprint density at radius 2 is 1.58 bits per heavy atom. The highest BCUT2D eigenvalue weighted by atomic mass is 19.3. The Kier molecular flexibility index (Phi) is 8.35. The fourth-order valence-corrected chi connectivity index (χ4v) is 4.36. The van der Waals surface area contributed by atoms with Gasteiger partial charge >= 0.3 is 12.7 Å². The van der Waals surface area contributed by atoms with Crippen LogP contribution in [0.25, 0.3) is 0 Å². The molecule has 31 heavy (non-hydrogen) atoms. The summed E-state index contributed by atoms with van der Waals surface area (Å²) in [4.78, 5) is 0. The minimum atomic E-state index is -3.38. The predicted octanol–water partition coefficient (Wildman–Crippen LogP) is 7.67. The number of halogens is 4. The van der Waals surface area contributed by atoms with Gasteiger partial charge in [-0.2, -0.15) is 17.6 Å². The van der Waals surface area contributed by atoms with Crippen molar-refractivity contribution in [2.75, 3.05) is 6.61 Å². The minimum Gasteiger partial charge on any atom is -0.435 e. The number of hydrogen-bond acceptors (Lipinski definition) is 2. The summed E-state index contributed by atoms with van der Waals surface area (Å²) in [5.41, 5.74) is 1.67. The van der Waals surface area contributed by atoms with Gasteiger partial charge in [0.1, 0.15) is 5.75 Å². The van der Waals surface area contributed by atoms with Crippen molar-refractivity contribution >= 4 is 0 Å². The largest absolute Gasteiger partial charge is 0.435 e. The van der Waals surface area contributed by atoms with Crippen molar-refractivity contribution in [2.24, 2.45) is 5.92 Å². The van der Waals surface area contributed by atoms with Gasteiger partial charge in [0.15, 0.2) is 0 Å². The minimum absolute atomic E-state index is 0.0314. The Morgan fingerprint density at radius 1 is 0.935 bits per heavy atom. The molecule has 1 aliphatic rings. The Hall–Kier alpha value is -2.08. The second kappa shape index (κ2) is 11.0. The van der Waals surface area contributed by atoms with Crippen LogP contribution in [0, 0.1) is 5.92 Å². The van der Waals surface area contributed by atoms with Crippen molar-refractivity contribution in [1.29, 1.82) is 0 Å². The van der Waals surface area contributed by atoms with Crippen LogP contribution in [0.5, 0.6) is 5.75 Å². The van der Waals surface area contributed by atoms with E-state index in [1.54, 1.807) is 24.3 Å². The van der Waals surface area contributed by atoms with Crippen molar-refractivity contribution < 1.29 is 27.0 Å². The molecule has 0 atom stereocenters. The van der Waals surface area contributed by atoms with Crippen LogP contribution in [-0.4, -0.2) is 13.2 Å². The van der Waals surface area contributed by atoms with Crippen molar-refractivity contribution in [3.8, 4) is 5.75 Å². The van der Waals surface area contributed by atoms with Crippen molar-refractivity contribution in [2.45, 2.75) is 70.5 Å². The van der Waals surface area contributed by atoms with Crippen molar-refractivity contribution in [1.82, 2.24) is 0 Å². The van der Waals surface area contributed by atoms with Crippen LogP contribution in [0.2, 0.25) is 0 Å². The molecule has 0 spiro atoms. The monoisotopic (exact) mass is 438 g/mol. The van der Waals surface area contributed by atoms with Crippen LogP contribution in [0.1, 0.15) is 68.1 Å². The second-order valence-electron chi connectivity index (χ2n) is 8.27. The third-order valence-corrected chi connectivity index (χ3v) is 6.08. The van der Waals surface area contributed by atoms with Crippen LogP contribution in [-0.2, 0) is 17.3 Å². The average Bonchev–Trinajstić information content (AvgIpc) is 2.75. The lowest BCUT2D eigenvalue weighted by Gasteiger charge is -2.29. The summed E-state index contributed by atoms with van der Waals surface area (Å²) >= 11 is 0. The molecular weight excluding hydrogens is 408 g/mol. The Bertz CT molecular complexity index is 782. The maximum atomic E-state index is 14.5. The first-order valence-electron chi connectivity index (χ1n) is 11.0. The van der Waals surface area contributed by atoms with E-state index in [0.717, 1.165) is 24.3 Å². The number of alkyl halides is 4. The van der Waals surface area contributed by atoms with Gasteiger partial charge in [-0.15, -0.1) is 0 Å². The molecule has 0 unspecified atom stereocenters. The quantitative estimate of drug-likeness (QED) is 0.354. The molecule has 6 heteroatoms. The van der Waals surface area contributed by atoms with Crippen molar-refractivity contribution in [3.63, 3.8) is 0 Å². The molecule has 0 aliphatic heterocycles. The zero-order chi connectivity index (χ0) is 22.3. The molecule has 2 aromatic rings. The van der Waals surface area contributed by atoms with E-state index in [-0.39, 0.29) is 24.3 Å². The molecule has 0 aromatic heterocycles. The molecule has 1 fully saturated rings. The van der Waals surface area contributed by atoms with Gasteiger partial charge in [0.2, 0.25) is 0 Å². The van der Waals surface area contributed by atoms with Crippen LogP contribution in [0.15, 0.2) is 48.5 Å². The molecule has 1 aliphatic carbocycles. The summed E-state index contributed by atoms with van der Waals surface area (Å²) in [6, 6.07) is 12.4. The van der Waals surface area contributed by atoms with Gasteiger partial charge in [0.05, 0.1) is 12.2 Å². The van der Waals surface area contributed by atoms with E-state index in [2.05, 4.69) is 11.7 Å². The first-order valence-corrected chi connectivity index (χ1v) is 11.0. The first-order chi connectivity index (χ1) is 14.9. The van der Waals surface area contributed by atoms with Crippen LogP contribution in [0.4, 0.5) is 17.6 Å². The SMILES string of the molecule is CCC[C@H]1CC[C@H](c2ccc(C(F)(F)OCCc3ccc(OC(F)F)cc3)cc2)CC1. The normalized spacial score (nSPS) is 19.5. The number of ether oxygens (including phenoxy) is 2. The summed E-state index contributed by atoms with van der Waals surface area (Å²) in [7, 11) is 0. The highest BCUT2D eigenvalue weighted by molar-refractivity contribution is 5.28. The number of hydrogen-bond donors (Lipinski definition) is 0. The molecule has 1 saturated carbocycles. The lowest BCUT2D eigenvalue weighted by atomic mass is 9.77. The van der Waals surface area contributed by atoms with Crippen LogP contribution >= 0.6 is 0 Å². The maximum Gasteiger partial charge on any atom is 0.387 e. The summed E-state index contributed by atoms with van der Waals surface area (Å²) in [5.74, 6) is 1.30. The molecule has 2 aromatic carbocycles. The zero-order valence-electron chi connectivity index (χ0n) is 17.8. The fraction of sp³-hybridized carbons (Fsp3) is 0.520. The standard InChI is InChI=1S/C25H30F4O2/c1-2-3-18-4-8-20(9-5-18)21-10-12-22(13-11-21)25(28,29)30-17-16-19-6-14-23(15-7-19)31-24(26)27/h6-7,10-15,18,20,24H,2-5,8-9,16-17H2,1H3/t18-,20-. The number of rotatable bonds is 10. The topological polar surface area (TPSA) is 18.5 Å². The summed E-state index contributed by atoms with van der Waals surface area (Å²) in [6.07, 6.45) is 4.04. The highest BCUT2D eigenvalue weighted by Crippen LogP contribution is 2.38. The second-order valence-corrected chi connectivity index (χ2v) is 8.27. The van der Waals surface area contributed by atoms with Gasteiger partial charge in [-0.1, -0.05) is 56.2 Å². The molecule has 0 N–H and O–H groups in total. The molecular formula is C25H30F4O2. The summed E-state index contributed by atoms with van der Waals surface area (Å²) in [6.45, 7) is -0.866. The summed E-state index contributed by atoms with van der Waals surface area (Å²) < 4.78 is 62.4. The van der Waals surface area contributed by atoms with Gasteiger partial charge in [-0.25, -0.2) is 0 Å². The molecule has 0 saturated heterocycles. The molecule has 0 amide bonds. The maximum absolute atomic E-state index is 14.5. The third kappa shape index (κ3) is 6.96. The first kappa shape index (κ1) is 23.6. The Balaban J connectivity index is 1.49. The average molecular weight is 439 g/mol. The predicted molar refractivity (Wildman–Crippen MR) is 113 cm³/mol. The van der Waals surface area contributed by atoms with Gasteiger partial charge in [-0.05, 0) is 67.2 Å². The van der Waals surface area contributed by atoms with E-state index in [1.807, 2.05) is 0 Å². The smallest absolute Gasteiger partial charge is 0.387 e. The molecule has 0 bridgehead atoms. The fourth-order valence-electron chi connectivity index (χ4n) is 4.36. The lowest BCUT2D eigenvalue weighted by Crippen LogP contribution is -2.20. The van der Waals surface area contributed by atoms with Gasteiger partial charge in [0, 0.05) is 0 Å². The lowest BCUT2D eigenvalue weighted by molar-refractivity contribution is -0.248. The Morgan fingerprint density at radius 3 is 2.16 bits per heavy atom. The third-order valence-electron chi connectivity index (χ3n) is 6.08. The number of benzene rings is 2. The van der Waals surface area contributed by atoms with E-state index in [0.29, 0.717) is 11.5 Å². The highest BCUT2D eigenvalue weighted by Gasteiger charge is 2.33. The van der Waals surface area contributed by atoms with Crippen LogP contribution in [0.3, 0.4) is 0 Å². The molecule has 0 radical (unpaired) electrons. The van der Waals surface area contributed by atoms with E-state index >= 15 is 0 Å². The van der Waals surface area contributed by atoms with Gasteiger partial charge < -0.3 is 9.47 Å². The van der Waals surface area contributed by atoms with Crippen molar-refractivity contribution in [3.05, 3.63) is 65.2 Å². The molecule has 170 valence electrons. The van der Waals surface area contributed by atoms with E-state index in [4.69, 9.17) is 4.74 Å². The van der Waals surface area contributed by atoms with Gasteiger partial charge in [0.25, 0.3) is 0 Å². The van der Waals surface area contributed by atoms with E-state index < -0.39 is 12.7 Å². The molecule has 3 rings (SSSR count). The van der Waals surface area contributed by atoms with Crippen LogP contribution < -0.4 is 4.74 Å². The Labute approximate surface area is 181 Å². The zero-order valence-corrected chi connectivity index (χ0v) is 17.8. The molecule has 2 nitrogen and oxygen atoms in total. The van der Waals surface area contributed by atoms with E-state index in [1.165, 1.54) is 49.9 Å².